The zero-order valence-electron chi connectivity index (χ0n) is 37.5. The average molecular weight is 867 g/mol. The van der Waals surface area contributed by atoms with Gasteiger partial charge in [0.25, 0.3) is 0 Å². The Kier molecular flexibility index (Phi) is 10.6. The number of hydrogen-bond donors (Lipinski definition) is 0. The highest BCUT2D eigenvalue weighted by atomic mass is 15.1. The van der Waals surface area contributed by atoms with E-state index in [9.17, 15) is 0 Å². The lowest BCUT2D eigenvalue weighted by Crippen LogP contribution is -2.10. The van der Waals surface area contributed by atoms with E-state index >= 15 is 0 Å². The first-order valence-electron chi connectivity index (χ1n) is 23.3. The van der Waals surface area contributed by atoms with Gasteiger partial charge in [0, 0.05) is 33.5 Å². The fourth-order valence-electron chi connectivity index (χ4n) is 10.0. The molecule has 1 aromatic heterocycles. The van der Waals surface area contributed by atoms with Crippen LogP contribution in [0.4, 0.5) is 17.1 Å². The standard InChI is InChI=1S/C66H46N2/c1-4-19-47(20-5-1)48-37-39-49(40-38-48)50-41-43-54(44-42-50)67(56-27-17-28-57(46-56)68-64-35-14-12-30-61(64)62-31-13-15-36-65(62)68)55-26-16-25-53(45-55)60-34-18-33-59(52-23-8-3-9-24-52)66(60)63-32-11-10-29-58(63)51-21-6-2-7-22-51/h1-46H. The van der Waals surface area contributed by atoms with Crippen LogP contribution in [-0.2, 0) is 0 Å². The number of hydrogen-bond acceptors (Lipinski definition) is 1. The van der Waals surface area contributed by atoms with Crippen molar-refractivity contribution in [3.8, 4) is 72.4 Å². The number of nitrogens with zero attached hydrogens (tertiary/aromatic N) is 2. The molecule has 0 saturated carbocycles. The summed E-state index contributed by atoms with van der Waals surface area (Å²) in [6.07, 6.45) is 0. The van der Waals surface area contributed by atoms with E-state index < -0.39 is 0 Å². The maximum Gasteiger partial charge on any atom is 0.0541 e. The molecule has 0 aliphatic heterocycles. The average Bonchev–Trinajstić information content (AvgIpc) is 3.76. The Balaban J connectivity index is 1.02. The summed E-state index contributed by atoms with van der Waals surface area (Å²) < 4.78 is 2.40. The second kappa shape index (κ2) is 17.8. The van der Waals surface area contributed by atoms with Crippen molar-refractivity contribution >= 4 is 38.9 Å². The molecule has 0 amide bonds. The van der Waals surface area contributed by atoms with E-state index in [1.165, 1.54) is 83.0 Å². The van der Waals surface area contributed by atoms with E-state index in [2.05, 4.69) is 289 Å². The van der Waals surface area contributed by atoms with Crippen LogP contribution in [0.3, 0.4) is 0 Å². The highest BCUT2D eigenvalue weighted by Crippen LogP contribution is 2.46. The van der Waals surface area contributed by atoms with Gasteiger partial charge in [0.15, 0.2) is 0 Å². The lowest BCUT2D eigenvalue weighted by Gasteiger charge is -2.27. The highest BCUT2D eigenvalue weighted by Gasteiger charge is 2.21. The van der Waals surface area contributed by atoms with Gasteiger partial charge in [0.2, 0.25) is 0 Å². The first-order valence-corrected chi connectivity index (χ1v) is 23.3. The van der Waals surface area contributed by atoms with Gasteiger partial charge in [-0.2, -0.15) is 0 Å². The van der Waals surface area contributed by atoms with Crippen molar-refractivity contribution in [2.45, 2.75) is 0 Å². The molecule has 0 bridgehead atoms. The molecule has 2 nitrogen and oxygen atoms in total. The highest BCUT2D eigenvalue weighted by molar-refractivity contribution is 6.09. The number of rotatable bonds is 10. The zero-order chi connectivity index (χ0) is 45.2. The van der Waals surface area contributed by atoms with Crippen molar-refractivity contribution in [1.29, 1.82) is 0 Å². The van der Waals surface area contributed by atoms with Crippen LogP contribution in [0.2, 0.25) is 0 Å². The summed E-state index contributed by atoms with van der Waals surface area (Å²) in [5, 5.41) is 2.49. The predicted octanol–water partition coefficient (Wildman–Crippen LogP) is 18.3. The third-order valence-electron chi connectivity index (χ3n) is 13.2. The van der Waals surface area contributed by atoms with Gasteiger partial charge in [-0.1, -0.05) is 224 Å². The summed E-state index contributed by atoms with van der Waals surface area (Å²) >= 11 is 0. The van der Waals surface area contributed by atoms with Crippen LogP contribution < -0.4 is 4.90 Å². The van der Waals surface area contributed by atoms with Gasteiger partial charge in [0.05, 0.1) is 11.0 Å². The molecule has 0 unspecified atom stereocenters. The Morgan fingerprint density at radius 1 is 0.235 bits per heavy atom. The van der Waals surface area contributed by atoms with E-state index in [4.69, 9.17) is 0 Å². The van der Waals surface area contributed by atoms with Crippen LogP contribution in [-0.4, -0.2) is 4.57 Å². The second-order valence-electron chi connectivity index (χ2n) is 17.3. The first kappa shape index (κ1) is 40.5. The monoisotopic (exact) mass is 866 g/mol. The lowest BCUT2D eigenvalue weighted by atomic mass is 9.84. The van der Waals surface area contributed by atoms with Gasteiger partial charge in [0.1, 0.15) is 0 Å². The fraction of sp³-hybridized carbons (Fsp3) is 0. The molecule has 0 aliphatic carbocycles. The molecule has 12 aromatic rings. The van der Waals surface area contributed by atoms with Crippen molar-refractivity contribution in [1.82, 2.24) is 4.57 Å². The van der Waals surface area contributed by atoms with Gasteiger partial charge < -0.3 is 9.47 Å². The molecule has 0 fully saturated rings. The summed E-state index contributed by atoms with van der Waals surface area (Å²) in [5.41, 5.74) is 20.9. The molecular weight excluding hydrogens is 821 g/mol. The molecule has 0 radical (unpaired) electrons. The predicted molar refractivity (Wildman–Crippen MR) is 288 cm³/mol. The van der Waals surface area contributed by atoms with E-state index in [0.717, 1.165) is 28.3 Å². The molecule has 2 heteroatoms. The number of anilines is 3. The molecule has 0 aliphatic rings. The molecule has 0 spiro atoms. The second-order valence-corrected chi connectivity index (χ2v) is 17.3. The maximum absolute atomic E-state index is 2.40. The molecule has 11 aromatic carbocycles. The summed E-state index contributed by atoms with van der Waals surface area (Å²) in [7, 11) is 0. The van der Waals surface area contributed by atoms with E-state index in [1.54, 1.807) is 0 Å². The first-order chi connectivity index (χ1) is 33.7. The Morgan fingerprint density at radius 2 is 0.632 bits per heavy atom. The van der Waals surface area contributed by atoms with Crippen molar-refractivity contribution in [3.05, 3.63) is 279 Å². The maximum atomic E-state index is 2.40. The van der Waals surface area contributed by atoms with Crippen molar-refractivity contribution < 1.29 is 0 Å². The minimum absolute atomic E-state index is 1.06. The summed E-state index contributed by atoms with van der Waals surface area (Å²) in [4.78, 5) is 2.40. The van der Waals surface area contributed by atoms with Crippen LogP contribution in [0.1, 0.15) is 0 Å². The van der Waals surface area contributed by atoms with Gasteiger partial charge in [-0.3, -0.25) is 0 Å². The third kappa shape index (κ3) is 7.54. The molecule has 12 rings (SSSR count). The fourth-order valence-corrected chi connectivity index (χ4v) is 10.0. The minimum Gasteiger partial charge on any atom is -0.310 e. The normalized spacial score (nSPS) is 11.2. The largest absolute Gasteiger partial charge is 0.310 e. The van der Waals surface area contributed by atoms with Gasteiger partial charge >= 0.3 is 0 Å². The number of aromatic nitrogens is 1. The van der Waals surface area contributed by atoms with Crippen molar-refractivity contribution in [2.75, 3.05) is 4.90 Å². The number of para-hydroxylation sites is 2. The molecule has 320 valence electrons. The van der Waals surface area contributed by atoms with E-state index in [0.29, 0.717) is 0 Å². The van der Waals surface area contributed by atoms with Gasteiger partial charge in [-0.15, -0.1) is 0 Å². The Bertz CT molecular complexity index is 3650. The van der Waals surface area contributed by atoms with Crippen LogP contribution in [0.25, 0.3) is 94.3 Å². The Hall–Kier alpha value is -8.98. The van der Waals surface area contributed by atoms with Gasteiger partial charge in [-0.05, 0) is 121 Å². The minimum atomic E-state index is 1.06. The lowest BCUT2D eigenvalue weighted by molar-refractivity contribution is 1.17. The molecule has 0 saturated heterocycles. The van der Waals surface area contributed by atoms with E-state index in [1.807, 2.05) is 0 Å². The van der Waals surface area contributed by atoms with E-state index in [-0.39, 0.29) is 0 Å². The molecule has 0 N–H and O–H groups in total. The third-order valence-corrected chi connectivity index (χ3v) is 13.2. The summed E-state index contributed by atoms with van der Waals surface area (Å²) in [5.74, 6) is 0. The SMILES string of the molecule is c1ccc(-c2ccc(-c3ccc(N(c4cccc(-c5cccc(-c6ccccc6)c5-c5ccccc5-c5ccccc5)c4)c4cccc(-n5c6ccccc6c6ccccc65)c4)cc3)cc2)cc1. The summed E-state index contributed by atoms with van der Waals surface area (Å²) in [6.45, 7) is 0. The van der Waals surface area contributed by atoms with Gasteiger partial charge in [-0.25, -0.2) is 0 Å². The number of benzene rings is 11. The molecular formula is C66H46N2. The van der Waals surface area contributed by atoms with Crippen molar-refractivity contribution in [3.63, 3.8) is 0 Å². The van der Waals surface area contributed by atoms with Crippen LogP contribution in [0.15, 0.2) is 279 Å². The Labute approximate surface area is 397 Å². The van der Waals surface area contributed by atoms with Crippen LogP contribution in [0, 0.1) is 0 Å². The smallest absolute Gasteiger partial charge is 0.0541 e. The number of fused-ring (bicyclic) bond motifs is 3. The Morgan fingerprint density at radius 3 is 1.24 bits per heavy atom. The summed E-state index contributed by atoms with van der Waals surface area (Å²) in [6, 6.07) is 101. The molecule has 68 heavy (non-hydrogen) atoms. The molecule has 0 atom stereocenters. The topological polar surface area (TPSA) is 8.17 Å². The quantitative estimate of drug-likeness (QED) is 0.133. The zero-order valence-corrected chi connectivity index (χ0v) is 37.5. The van der Waals surface area contributed by atoms with Crippen molar-refractivity contribution in [2.24, 2.45) is 0 Å². The van der Waals surface area contributed by atoms with Crippen LogP contribution >= 0.6 is 0 Å². The van der Waals surface area contributed by atoms with Crippen LogP contribution in [0.5, 0.6) is 0 Å². The molecule has 1 heterocycles.